The summed E-state index contributed by atoms with van der Waals surface area (Å²) >= 11 is 7.55. The van der Waals surface area contributed by atoms with Crippen LogP contribution in [-0.4, -0.2) is 0 Å². The van der Waals surface area contributed by atoms with Crippen molar-refractivity contribution in [3.8, 4) is 0 Å². The van der Waals surface area contributed by atoms with E-state index in [0.29, 0.717) is 11.4 Å². The van der Waals surface area contributed by atoms with Crippen molar-refractivity contribution in [3.63, 3.8) is 0 Å². The minimum atomic E-state index is -0.366. The van der Waals surface area contributed by atoms with Crippen LogP contribution >= 0.6 is 22.9 Å². The average molecular weight is 324 g/mol. The van der Waals surface area contributed by atoms with Gasteiger partial charge in [-0.2, -0.15) is 0 Å². The lowest BCUT2D eigenvalue weighted by Gasteiger charge is -2.10. The highest BCUT2D eigenvalue weighted by Gasteiger charge is 2.13. The molecule has 2 aromatic carbocycles. The predicted molar refractivity (Wildman–Crippen MR) is 83.8 cm³/mol. The summed E-state index contributed by atoms with van der Waals surface area (Å²) in [6, 6.07) is 10.6. The van der Waals surface area contributed by atoms with Gasteiger partial charge in [0.2, 0.25) is 0 Å². The quantitative estimate of drug-likeness (QED) is 0.715. The van der Waals surface area contributed by atoms with Gasteiger partial charge in [-0.15, -0.1) is 11.3 Å². The van der Waals surface area contributed by atoms with E-state index in [9.17, 15) is 8.78 Å². The first-order valence-corrected chi connectivity index (χ1v) is 7.61. The molecule has 0 aliphatic rings. The van der Waals surface area contributed by atoms with E-state index in [4.69, 9.17) is 17.3 Å². The lowest BCUT2D eigenvalue weighted by Crippen LogP contribution is -2.12. The van der Waals surface area contributed by atoms with E-state index in [0.717, 1.165) is 20.5 Å². The number of rotatable bonds is 3. The highest BCUT2D eigenvalue weighted by molar-refractivity contribution is 7.19. The van der Waals surface area contributed by atoms with Crippen LogP contribution in [-0.2, 0) is 6.42 Å². The molecule has 1 aromatic heterocycles. The van der Waals surface area contributed by atoms with Crippen molar-refractivity contribution >= 4 is 33.0 Å². The van der Waals surface area contributed by atoms with Gasteiger partial charge in [0.15, 0.2) is 0 Å². The van der Waals surface area contributed by atoms with E-state index in [1.165, 1.54) is 35.6 Å². The number of fused-ring (bicyclic) bond motifs is 1. The van der Waals surface area contributed by atoms with Gasteiger partial charge >= 0.3 is 0 Å². The molecule has 108 valence electrons. The van der Waals surface area contributed by atoms with Crippen molar-refractivity contribution in [2.75, 3.05) is 0 Å². The molecule has 0 spiro atoms. The third kappa shape index (κ3) is 3.07. The summed E-state index contributed by atoms with van der Waals surface area (Å²) in [6.45, 7) is 0. The van der Waals surface area contributed by atoms with Crippen molar-refractivity contribution in [2.24, 2.45) is 5.73 Å². The van der Waals surface area contributed by atoms with E-state index in [-0.39, 0.29) is 17.7 Å². The molecule has 0 saturated carbocycles. The molecular weight excluding hydrogens is 312 g/mol. The maximum atomic E-state index is 13.2. The number of nitrogens with two attached hydrogens (primary N) is 1. The Morgan fingerprint density at radius 1 is 1.05 bits per heavy atom. The second-order valence-electron chi connectivity index (χ2n) is 4.88. The van der Waals surface area contributed by atoms with Crippen LogP contribution in [0.2, 0.25) is 5.02 Å². The van der Waals surface area contributed by atoms with Gasteiger partial charge < -0.3 is 5.73 Å². The largest absolute Gasteiger partial charge is 0.323 e. The molecule has 1 atom stereocenters. The molecule has 0 saturated heterocycles. The van der Waals surface area contributed by atoms with Gasteiger partial charge in [0.05, 0.1) is 0 Å². The fraction of sp³-hybridized carbons (Fsp3) is 0.125. The molecule has 1 nitrogen and oxygen atoms in total. The monoisotopic (exact) mass is 323 g/mol. The summed E-state index contributed by atoms with van der Waals surface area (Å²) in [6.07, 6.45) is 0.508. The smallest absolute Gasteiger partial charge is 0.124 e. The number of halogens is 3. The molecule has 1 heterocycles. The Balaban J connectivity index is 1.87. The Labute approximate surface area is 130 Å². The SMILES string of the molecule is NC(Cc1ccc(F)cc1Cl)c1cc2cc(F)ccc2s1. The third-order valence-corrected chi connectivity index (χ3v) is 4.92. The van der Waals surface area contributed by atoms with Crippen LogP contribution in [0.15, 0.2) is 42.5 Å². The van der Waals surface area contributed by atoms with Gasteiger partial charge in [0.25, 0.3) is 0 Å². The summed E-state index contributed by atoms with van der Waals surface area (Å²) in [7, 11) is 0. The summed E-state index contributed by atoms with van der Waals surface area (Å²) in [5, 5.41) is 1.22. The molecule has 0 aliphatic carbocycles. The minimum Gasteiger partial charge on any atom is -0.323 e. The molecule has 0 bridgehead atoms. The lowest BCUT2D eigenvalue weighted by atomic mass is 10.0. The van der Waals surface area contributed by atoms with Gasteiger partial charge in [-0.05, 0) is 53.8 Å². The fourth-order valence-corrected chi connectivity index (χ4v) is 3.53. The zero-order valence-electron chi connectivity index (χ0n) is 10.9. The Morgan fingerprint density at radius 3 is 2.52 bits per heavy atom. The first-order valence-electron chi connectivity index (χ1n) is 6.41. The zero-order valence-corrected chi connectivity index (χ0v) is 12.5. The number of benzene rings is 2. The van der Waals surface area contributed by atoms with Crippen LogP contribution in [0, 0.1) is 11.6 Å². The van der Waals surface area contributed by atoms with Crippen molar-refractivity contribution in [3.05, 3.63) is 69.6 Å². The average Bonchev–Trinajstić information content (AvgIpc) is 2.85. The molecule has 5 heteroatoms. The van der Waals surface area contributed by atoms with E-state index in [2.05, 4.69) is 0 Å². The molecule has 1 unspecified atom stereocenters. The Kier molecular flexibility index (Phi) is 3.93. The zero-order chi connectivity index (χ0) is 15.0. The van der Waals surface area contributed by atoms with E-state index < -0.39 is 0 Å². The molecule has 3 aromatic rings. The lowest BCUT2D eigenvalue weighted by molar-refractivity contribution is 0.626. The van der Waals surface area contributed by atoms with E-state index >= 15 is 0 Å². The molecule has 2 N–H and O–H groups in total. The highest BCUT2D eigenvalue weighted by atomic mass is 35.5. The van der Waals surface area contributed by atoms with Crippen LogP contribution in [0.4, 0.5) is 8.78 Å². The molecule has 0 amide bonds. The Hall–Kier alpha value is -1.49. The van der Waals surface area contributed by atoms with Gasteiger partial charge in [0, 0.05) is 20.6 Å². The van der Waals surface area contributed by atoms with Crippen molar-refractivity contribution in [2.45, 2.75) is 12.5 Å². The summed E-state index contributed by atoms with van der Waals surface area (Å²) in [5.41, 5.74) is 7.00. The van der Waals surface area contributed by atoms with Gasteiger partial charge in [0.1, 0.15) is 11.6 Å². The molecule has 21 heavy (non-hydrogen) atoms. The molecular formula is C16H12ClF2NS. The second kappa shape index (κ2) is 5.72. The Bertz CT molecular complexity index is 800. The topological polar surface area (TPSA) is 26.0 Å². The van der Waals surface area contributed by atoms with Gasteiger partial charge in [-0.3, -0.25) is 0 Å². The van der Waals surface area contributed by atoms with Crippen LogP contribution in [0.3, 0.4) is 0 Å². The molecule has 0 fully saturated rings. The second-order valence-corrected chi connectivity index (χ2v) is 6.40. The molecule has 0 radical (unpaired) electrons. The van der Waals surface area contributed by atoms with Crippen LogP contribution < -0.4 is 5.73 Å². The summed E-state index contributed by atoms with van der Waals surface area (Å²) in [4.78, 5) is 0.955. The first-order chi connectivity index (χ1) is 10.0. The maximum Gasteiger partial charge on any atom is 0.124 e. The van der Waals surface area contributed by atoms with Crippen molar-refractivity contribution in [1.82, 2.24) is 0 Å². The van der Waals surface area contributed by atoms with Crippen molar-refractivity contribution in [1.29, 1.82) is 0 Å². The third-order valence-electron chi connectivity index (χ3n) is 3.32. The summed E-state index contributed by atoms with van der Waals surface area (Å²) in [5.74, 6) is -0.628. The highest BCUT2D eigenvalue weighted by Crippen LogP contribution is 2.32. The normalized spacial score (nSPS) is 12.8. The Morgan fingerprint density at radius 2 is 1.76 bits per heavy atom. The maximum absolute atomic E-state index is 13.2. The van der Waals surface area contributed by atoms with E-state index in [1.54, 1.807) is 12.1 Å². The predicted octanol–water partition coefficient (Wildman–Crippen LogP) is 5.08. The van der Waals surface area contributed by atoms with Crippen molar-refractivity contribution < 1.29 is 8.78 Å². The van der Waals surface area contributed by atoms with Gasteiger partial charge in [-0.25, -0.2) is 8.78 Å². The molecule has 3 rings (SSSR count). The van der Waals surface area contributed by atoms with Gasteiger partial charge in [-0.1, -0.05) is 17.7 Å². The standard InChI is InChI=1S/C16H12ClF2NS/c17-13-8-12(19)2-1-9(13)6-14(20)16-7-10-5-11(18)3-4-15(10)21-16/h1-5,7-8,14H,6,20H2. The van der Waals surface area contributed by atoms with E-state index in [1.807, 2.05) is 6.07 Å². The number of thiophene rings is 1. The molecule has 0 aliphatic heterocycles. The fourth-order valence-electron chi connectivity index (χ4n) is 2.24. The van der Waals surface area contributed by atoms with Crippen LogP contribution in [0.1, 0.15) is 16.5 Å². The number of hydrogen-bond acceptors (Lipinski definition) is 2. The minimum absolute atomic E-state index is 0.256. The summed E-state index contributed by atoms with van der Waals surface area (Å²) < 4.78 is 27.2. The number of hydrogen-bond donors (Lipinski definition) is 1. The first kappa shape index (κ1) is 14.4. The van der Waals surface area contributed by atoms with Crippen LogP contribution in [0.25, 0.3) is 10.1 Å². The van der Waals surface area contributed by atoms with Crippen LogP contribution in [0.5, 0.6) is 0 Å².